The first-order valence-electron chi connectivity index (χ1n) is 11.0. The molecule has 1 atom stereocenters. The zero-order valence-electron chi connectivity index (χ0n) is 18.2. The van der Waals surface area contributed by atoms with Crippen LogP contribution in [0.1, 0.15) is 30.4 Å². The Labute approximate surface area is 197 Å². The van der Waals surface area contributed by atoms with Crippen molar-refractivity contribution in [1.82, 2.24) is 20.2 Å². The third kappa shape index (κ3) is 6.54. The topological polar surface area (TPSA) is 101 Å². The Morgan fingerprint density at radius 3 is 2.73 bits per heavy atom. The summed E-state index contributed by atoms with van der Waals surface area (Å²) in [6, 6.07) is 11.0. The first-order chi connectivity index (χ1) is 16.1. The van der Waals surface area contributed by atoms with Crippen molar-refractivity contribution in [3.8, 4) is 17.0 Å². The minimum Gasteiger partial charge on any atom is -0.492 e. The number of hydrogen-bond acceptors (Lipinski definition) is 7. The Bertz CT molecular complexity index is 1030. The van der Waals surface area contributed by atoms with Gasteiger partial charge in [-0.2, -0.15) is 0 Å². The molecule has 0 bridgehead atoms. The number of nitrogens with one attached hydrogen (secondary N) is 1. The molecule has 1 saturated heterocycles. The lowest BCUT2D eigenvalue weighted by Gasteiger charge is -2.13. The number of ether oxygens (including phenoxy) is 1. The van der Waals surface area contributed by atoms with Crippen LogP contribution in [0.4, 0.5) is 0 Å². The molecule has 174 valence electrons. The van der Waals surface area contributed by atoms with E-state index in [1.165, 1.54) is 0 Å². The molecule has 1 aliphatic heterocycles. The maximum absolute atomic E-state index is 12.3. The third-order valence-electron chi connectivity index (χ3n) is 5.48. The molecule has 3 heterocycles. The van der Waals surface area contributed by atoms with E-state index in [4.69, 9.17) is 20.8 Å². The lowest BCUT2D eigenvalue weighted by molar-refractivity contribution is -0.129. The van der Waals surface area contributed by atoms with Crippen molar-refractivity contribution in [3.05, 3.63) is 65.5 Å². The number of nitrogens with zero attached hydrogens (tertiary/aromatic N) is 3. The van der Waals surface area contributed by atoms with Gasteiger partial charge < -0.3 is 24.5 Å². The van der Waals surface area contributed by atoms with E-state index in [0.29, 0.717) is 42.0 Å². The van der Waals surface area contributed by atoms with Gasteiger partial charge in [0.2, 0.25) is 11.8 Å². The van der Waals surface area contributed by atoms with E-state index in [2.05, 4.69) is 15.3 Å². The van der Waals surface area contributed by atoms with Gasteiger partial charge in [-0.1, -0.05) is 17.7 Å². The molecule has 0 radical (unpaired) electrons. The number of amides is 1. The van der Waals surface area contributed by atoms with Gasteiger partial charge in [-0.05, 0) is 43.2 Å². The van der Waals surface area contributed by atoms with E-state index in [1.807, 2.05) is 29.2 Å². The van der Waals surface area contributed by atoms with E-state index in [9.17, 15) is 9.90 Å². The maximum atomic E-state index is 12.3. The lowest BCUT2D eigenvalue weighted by atomic mass is 10.1. The number of benzene rings is 1. The number of rotatable bonds is 10. The number of carbonyl (C=O) groups excluding carboxylic acids is 1. The van der Waals surface area contributed by atoms with Gasteiger partial charge in [0.05, 0.1) is 6.10 Å². The van der Waals surface area contributed by atoms with Crippen LogP contribution in [0.2, 0.25) is 5.15 Å². The molecule has 3 aromatic rings. The van der Waals surface area contributed by atoms with E-state index in [0.717, 1.165) is 37.2 Å². The second-order valence-electron chi connectivity index (χ2n) is 7.90. The number of carbonyl (C=O) groups is 1. The Kier molecular flexibility index (Phi) is 7.93. The van der Waals surface area contributed by atoms with Crippen molar-refractivity contribution < 1.29 is 19.1 Å². The molecule has 1 aliphatic rings. The van der Waals surface area contributed by atoms with Crippen molar-refractivity contribution in [1.29, 1.82) is 0 Å². The van der Waals surface area contributed by atoms with Gasteiger partial charge in [-0.25, -0.2) is 9.97 Å². The van der Waals surface area contributed by atoms with Gasteiger partial charge in [0.25, 0.3) is 0 Å². The number of pyridine rings is 1. The molecule has 1 fully saturated rings. The molecular formula is C24H27ClN4O4. The normalized spacial score (nSPS) is 14.4. The second kappa shape index (κ2) is 11.3. The summed E-state index contributed by atoms with van der Waals surface area (Å²) in [4.78, 5) is 22.5. The predicted molar refractivity (Wildman–Crippen MR) is 124 cm³/mol. The van der Waals surface area contributed by atoms with E-state index in [1.54, 1.807) is 24.6 Å². The fourth-order valence-corrected chi connectivity index (χ4v) is 3.75. The van der Waals surface area contributed by atoms with Gasteiger partial charge in [-0.3, -0.25) is 4.79 Å². The Morgan fingerprint density at radius 2 is 2.00 bits per heavy atom. The number of oxazole rings is 1. The van der Waals surface area contributed by atoms with E-state index < -0.39 is 6.10 Å². The van der Waals surface area contributed by atoms with Gasteiger partial charge in [-0.15, -0.1) is 0 Å². The van der Waals surface area contributed by atoms with Crippen LogP contribution >= 0.6 is 11.6 Å². The summed E-state index contributed by atoms with van der Waals surface area (Å²) in [5.74, 6) is 1.23. The molecule has 8 nitrogen and oxygen atoms in total. The summed E-state index contributed by atoms with van der Waals surface area (Å²) in [6.45, 7) is 3.07. The Morgan fingerprint density at radius 1 is 1.21 bits per heavy atom. The summed E-state index contributed by atoms with van der Waals surface area (Å²) in [6.07, 6.45) is 4.81. The fraction of sp³-hybridized carbons (Fsp3) is 0.375. The number of aliphatic hydroxyl groups excluding tert-OH is 1. The highest BCUT2D eigenvalue weighted by Crippen LogP contribution is 2.22. The smallest absolute Gasteiger partial charge is 0.231 e. The minimum atomic E-state index is -0.660. The second-order valence-corrected chi connectivity index (χ2v) is 8.29. The van der Waals surface area contributed by atoms with Crippen LogP contribution in [0.25, 0.3) is 11.3 Å². The zero-order chi connectivity index (χ0) is 23.0. The van der Waals surface area contributed by atoms with Crippen LogP contribution in [0.3, 0.4) is 0 Å². The standard InChI is InChI=1S/C24H27ClN4O4/c25-22-8-5-18(14-27-22)21(30)15-26-9-12-32-19-6-3-17(4-7-19)20-16-33-23(28-20)13-24(31)29-10-1-2-11-29/h3-8,14,16,21,26,30H,1-2,9-13,15H2/t21-/m1/s1. The zero-order valence-corrected chi connectivity index (χ0v) is 19.0. The maximum Gasteiger partial charge on any atom is 0.231 e. The number of aliphatic hydroxyl groups is 1. The monoisotopic (exact) mass is 470 g/mol. The van der Waals surface area contributed by atoms with Gasteiger partial charge in [0.15, 0.2) is 0 Å². The van der Waals surface area contributed by atoms with Crippen LogP contribution in [0, 0.1) is 0 Å². The summed E-state index contributed by atoms with van der Waals surface area (Å²) in [5.41, 5.74) is 2.29. The largest absolute Gasteiger partial charge is 0.492 e. The van der Waals surface area contributed by atoms with Gasteiger partial charge in [0.1, 0.15) is 35.9 Å². The van der Waals surface area contributed by atoms with Crippen molar-refractivity contribution in [3.63, 3.8) is 0 Å². The Balaban J connectivity index is 1.19. The third-order valence-corrected chi connectivity index (χ3v) is 5.71. The highest BCUT2D eigenvalue weighted by Gasteiger charge is 2.20. The van der Waals surface area contributed by atoms with Crippen LogP contribution in [0.15, 0.2) is 53.3 Å². The molecule has 0 aliphatic carbocycles. The van der Waals surface area contributed by atoms with Crippen molar-refractivity contribution >= 4 is 17.5 Å². The van der Waals surface area contributed by atoms with E-state index >= 15 is 0 Å². The number of aromatic nitrogens is 2. The SMILES string of the molecule is O=C(Cc1nc(-c2ccc(OCCNC[C@@H](O)c3ccc(Cl)nc3)cc2)co1)N1CCCC1. The van der Waals surface area contributed by atoms with E-state index in [-0.39, 0.29) is 12.3 Å². The van der Waals surface area contributed by atoms with Crippen molar-refractivity contribution in [2.45, 2.75) is 25.4 Å². The van der Waals surface area contributed by atoms with Crippen LogP contribution in [-0.4, -0.2) is 58.7 Å². The molecule has 0 unspecified atom stereocenters. The molecule has 2 aromatic heterocycles. The summed E-state index contributed by atoms with van der Waals surface area (Å²) < 4.78 is 11.2. The molecule has 4 rings (SSSR count). The van der Waals surface area contributed by atoms with Crippen LogP contribution in [0.5, 0.6) is 5.75 Å². The summed E-state index contributed by atoms with van der Waals surface area (Å²) in [5, 5.41) is 13.7. The first kappa shape index (κ1) is 23.2. The van der Waals surface area contributed by atoms with Gasteiger partial charge >= 0.3 is 0 Å². The lowest BCUT2D eigenvalue weighted by Crippen LogP contribution is -2.29. The summed E-state index contributed by atoms with van der Waals surface area (Å²) >= 11 is 5.76. The highest BCUT2D eigenvalue weighted by molar-refractivity contribution is 6.29. The molecule has 33 heavy (non-hydrogen) atoms. The predicted octanol–water partition coefficient (Wildman–Crippen LogP) is 3.26. The molecular weight excluding hydrogens is 444 g/mol. The fourth-order valence-electron chi connectivity index (χ4n) is 3.64. The Hall–Kier alpha value is -2.94. The van der Waals surface area contributed by atoms with Crippen molar-refractivity contribution in [2.75, 3.05) is 32.8 Å². The highest BCUT2D eigenvalue weighted by atomic mass is 35.5. The molecule has 0 saturated carbocycles. The van der Waals surface area contributed by atoms with Crippen molar-refractivity contribution in [2.24, 2.45) is 0 Å². The molecule has 1 aromatic carbocycles. The summed E-state index contributed by atoms with van der Waals surface area (Å²) in [7, 11) is 0. The minimum absolute atomic E-state index is 0.0654. The molecule has 1 amide bonds. The van der Waals surface area contributed by atoms with Crippen LogP contribution in [-0.2, 0) is 11.2 Å². The molecule has 0 spiro atoms. The first-order valence-corrected chi connectivity index (χ1v) is 11.4. The molecule has 9 heteroatoms. The molecule has 2 N–H and O–H groups in total. The average molecular weight is 471 g/mol. The van der Waals surface area contributed by atoms with Crippen LogP contribution < -0.4 is 10.1 Å². The average Bonchev–Trinajstić information content (AvgIpc) is 3.52. The van der Waals surface area contributed by atoms with Gasteiger partial charge in [0, 0.05) is 43.5 Å². The number of likely N-dealkylation sites (tertiary alicyclic amines) is 1. The number of halogens is 1. The number of hydrogen-bond donors (Lipinski definition) is 2. The quantitative estimate of drug-likeness (QED) is 0.346.